The lowest BCUT2D eigenvalue weighted by Gasteiger charge is -2.33. The number of hydrogen-bond acceptors (Lipinski definition) is 6. The van der Waals surface area contributed by atoms with E-state index in [0.717, 1.165) is 83.8 Å². The van der Waals surface area contributed by atoms with Gasteiger partial charge >= 0.3 is 0 Å². The molecule has 1 saturated carbocycles. The average molecular weight is 599 g/mol. The molecular formula is C36H38N8O. The molecule has 9 heteroatoms. The molecule has 1 fully saturated rings. The van der Waals surface area contributed by atoms with E-state index in [9.17, 15) is 4.79 Å². The molecular weight excluding hydrogens is 560 g/mol. The number of nitrogens with zero attached hydrogens (tertiary/aromatic N) is 6. The highest BCUT2D eigenvalue weighted by atomic mass is 16.1. The van der Waals surface area contributed by atoms with Gasteiger partial charge in [0.25, 0.3) is 0 Å². The van der Waals surface area contributed by atoms with Crippen LogP contribution in [0.1, 0.15) is 65.8 Å². The van der Waals surface area contributed by atoms with E-state index in [-0.39, 0.29) is 17.7 Å². The van der Waals surface area contributed by atoms with Gasteiger partial charge in [0.05, 0.1) is 29.1 Å². The Bertz CT molecular complexity index is 1730. The number of benzene rings is 1. The fourth-order valence-corrected chi connectivity index (χ4v) is 6.34. The summed E-state index contributed by atoms with van der Waals surface area (Å²) in [6, 6.07) is 14.1. The quantitative estimate of drug-likeness (QED) is 0.202. The van der Waals surface area contributed by atoms with Crippen molar-refractivity contribution < 1.29 is 4.79 Å². The third-order valence-corrected chi connectivity index (χ3v) is 8.80. The zero-order valence-corrected chi connectivity index (χ0v) is 25.6. The first-order valence-corrected chi connectivity index (χ1v) is 15.6. The number of imidazole rings is 1. The van der Waals surface area contributed by atoms with E-state index in [1.165, 1.54) is 0 Å². The Morgan fingerprint density at radius 3 is 2.56 bits per heavy atom. The zero-order chi connectivity index (χ0) is 31.0. The maximum absolute atomic E-state index is 13.8. The third-order valence-electron chi connectivity index (χ3n) is 8.80. The molecule has 1 aliphatic rings. The molecule has 45 heavy (non-hydrogen) atoms. The Balaban J connectivity index is 1.13. The second-order valence-corrected chi connectivity index (χ2v) is 11.9. The lowest BCUT2D eigenvalue weighted by molar-refractivity contribution is -0.124. The highest BCUT2D eigenvalue weighted by Crippen LogP contribution is 2.39. The summed E-state index contributed by atoms with van der Waals surface area (Å²) in [5.41, 5.74) is 5.50. The molecule has 0 spiro atoms. The number of amides is 1. The topological polar surface area (TPSA) is 114 Å². The number of nitrogens with one attached hydrogen (secondary N) is 2. The van der Waals surface area contributed by atoms with Crippen LogP contribution in [0.2, 0.25) is 0 Å². The normalized spacial score (nSPS) is 17.0. The SMILES string of the molecule is C#Cc1cnc(CC2CCC(C(C(=O)NCc3ccccc3)c3ccc(-c4cnn(C)c4)cn3)CC2)nc1CCc1ncc[nH]1. The summed E-state index contributed by atoms with van der Waals surface area (Å²) in [5.74, 6) is 4.83. The summed E-state index contributed by atoms with van der Waals surface area (Å²) in [6.45, 7) is 0.493. The molecule has 0 bridgehead atoms. The highest BCUT2D eigenvalue weighted by molar-refractivity contribution is 5.83. The molecule has 1 unspecified atom stereocenters. The van der Waals surface area contributed by atoms with Crippen LogP contribution in [0.25, 0.3) is 11.1 Å². The Hall–Kier alpha value is -5.10. The molecule has 228 valence electrons. The lowest BCUT2D eigenvalue weighted by atomic mass is 9.73. The third kappa shape index (κ3) is 7.52. The van der Waals surface area contributed by atoms with Crippen molar-refractivity contribution in [2.24, 2.45) is 18.9 Å². The van der Waals surface area contributed by atoms with E-state index < -0.39 is 0 Å². The lowest BCUT2D eigenvalue weighted by Crippen LogP contribution is -2.35. The fraction of sp³-hybridized carbons (Fsp3) is 0.333. The number of H-pyrrole nitrogens is 1. The van der Waals surface area contributed by atoms with Crippen molar-refractivity contribution in [1.82, 2.24) is 40.0 Å². The summed E-state index contributed by atoms with van der Waals surface area (Å²) in [7, 11) is 1.90. The minimum absolute atomic E-state index is 0.0262. The van der Waals surface area contributed by atoms with Crippen molar-refractivity contribution in [3.05, 3.63) is 114 Å². The summed E-state index contributed by atoms with van der Waals surface area (Å²) >= 11 is 0. The molecule has 1 aliphatic carbocycles. The summed E-state index contributed by atoms with van der Waals surface area (Å²) in [5, 5.41) is 7.48. The van der Waals surface area contributed by atoms with Gasteiger partial charge in [-0.15, -0.1) is 6.42 Å². The highest BCUT2D eigenvalue weighted by Gasteiger charge is 2.34. The number of hydrogen-bond donors (Lipinski definition) is 2. The van der Waals surface area contributed by atoms with Gasteiger partial charge in [-0.3, -0.25) is 14.5 Å². The number of carbonyl (C=O) groups is 1. The van der Waals surface area contributed by atoms with Crippen molar-refractivity contribution in [2.45, 2.75) is 57.4 Å². The van der Waals surface area contributed by atoms with Gasteiger partial charge < -0.3 is 10.3 Å². The molecule has 0 aliphatic heterocycles. The van der Waals surface area contributed by atoms with Gasteiger partial charge in [-0.1, -0.05) is 42.3 Å². The van der Waals surface area contributed by atoms with Crippen LogP contribution in [0.15, 0.2) is 79.6 Å². The van der Waals surface area contributed by atoms with Crippen LogP contribution >= 0.6 is 0 Å². The maximum Gasteiger partial charge on any atom is 0.229 e. The van der Waals surface area contributed by atoms with Crippen LogP contribution in [-0.2, 0) is 37.6 Å². The van der Waals surface area contributed by atoms with Gasteiger partial charge in [-0.05, 0) is 55.6 Å². The van der Waals surface area contributed by atoms with Crippen molar-refractivity contribution in [3.63, 3.8) is 0 Å². The maximum atomic E-state index is 13.8. The molecule has 6 rings (SSSR count). The van der Waals surface area contributed by atoms with Gasteiger partial charge in [-0.25, -0.2) is 15.0 Å². The summed E-state index contributed by atoms with van der Waals surface area (Å²) in [6.07, 6.45) is 22.9. The first kappa shape index (κ1) is 29.9. The molecule has 9 nitrogen and oxygen atoms in total. The predicted octanol–water partition coefficient (Wildman–Crippen LogP) is 5.21. The number of carbonyl (C=O) groups excluding carboxylic acids is 1. The van der Waals surface area contributed by atoms with E-state index in [4.69, 9.17) is 16.4 Å². The van der Waals surface area contributed by atoms with E-state index >= 15 is 0 Å². The molecule has 2 N–H and O–H groups in total. The first-order chi connectivity index (χ1) is 22.1. The molecule has 4 aromatic heterocycles. The average Bonchev–Trinajstić information content (AvgIpc) is 3.77. The van der Waals surface area contributed by atoms with E-state index in [1.54, 1.807) is 17.1 Å². The van der Waals surface area contributed by atoms with E-state index in [1.807, 2.05) is 74.3 Å². The molecule has 1 atom stereocenters. The summed E-state index contributed by atoms with van der Waals surface area (Å²) in [4.78, 5) is 35.6. The molecule has 4 heterocycles. The molecule has 1 amide bonds. The van der Waals surface area contributed by atoms with Gasteiger partial charge in [0, 0.05) is 68.5 Å². The number of aromatic amines is 1. The largest absolute Gasteiger partial charge is 0.351 e. The Labute approximate surface area is 264 Å². The van der Waals surface area contributed by atoms with Gasteiger partial charge in [0.1, 0.15) is 11.6 Å². The van der Waals surface area contributed by atoms with Gasteiger partial charge in [0.15, 0.2) is 0 Å². The first-order valence-electron chi connectivity index (χ1n) is 15.6. The Kier molecular flexibility index (Phi) is 9.40. The molecule has 5 aromatic rings. The van der Waals surface area contributed by atoms with E-state index in [2.05, 4.69) is 31.3 Å². The molecule has 1 aromatic carbocycles. The van der Waals surface area contributed by atoms with Gasteiger partial charge in [0.2, 0.25) is 5.91 Å². The van der Waals surface area contributed by atoms with Crippen molar-refractivity contribution >= 4 is 5.91 Å². The van der Waals surface area contributed by atoms with Crippen LogP contribution in [0, 0.1) is 24.2 Å². The smallest absolute Gasteiger partial charge is 0.229 e. The van der Waals surface area contributed by atoms with Crippen molar-refractivity contribution in [2.75, 3.05) is 0 Å². The second kappa shape index (κ2) is 14.1. The number of aryl methyl sites for hydroxylation is 3. The monoisotopic (exact) mass is 598 g/mol. The van der Waals surface area contributed by atoms with Crippen molar-refractivity contribution in [1.29, 1.82) is 0 Å². The number of aromatic nitrogens is 7. The number of pyridine rings is 1. The molecule has 0 radical (unpaired) electrons. The fourth-order valence-electron chi connectivity index (χ4n) is 6.34. The van der Waals surface area contributed by atoms with Crippen LogP contribution in [0.3, 0.4) is 0 Å². The second-order valence-electron chi connectivity index (χ2n) is 11.9. The van der Waals surface area contributed by atoms with Crippen LogP contribution in [0.5, 0.6) is 0 Å². The number of rotatable bonds is 11. The molecule has 0 saturated heterocycles. The number of terminal acetylenes is 1. The summed E-state index contributed by atoms with van der Waals surface area (Å²) < 4.78 is 1.78. The van der Waals surface area contributed by atoms with Crippen LogP contribution in [-0.4, -0.2) is 40.6 Å². The predicted molar refractivity (Wildman–Crippen MR) is 173 cm³/mol. The Morgan fingerprint density at radius 2 is 1.87 bits per heavy atom. The van der Waals surface area contributed by atoms with Crippen LogP contribution < -0.4 is 5.32 Å². The standard InChI is InChI=1S/C36H38N8O/c1-3-27-21-40-34(43-31(27)15-16-33-37-17-18-38-33)19-25-9-11-28(12-10-25)35(36(45)41-20-26-7-5-4-6-8-26)32-14-13-29(22-39-32)30-23-42-44(2)24-30/h1,4-8,13-14,17-18,21-25,28,35H,9-12,15-16,19-20H2,2H3,(H,37,38)(H,41,45). The minimum atomic E-state index is -0.322. The van der Waals surface area contributed by atoms with Crippen LogP contribution in [0.4, 0.5) is 0 Å². The van der Waals surface area contributed by atoms with Crippen molar-refractivity contribution in [3.8, 4) is 23.5 Å². The Morgan fingerprint density at radius 1 is 1.02 bits per heavy atom. The van der Waals surface area contributed by atoms with E-state index in [0.29, 0.717) is 18.9 Å². The minimum Gasteiger partial charge on any atom is -0.351 e. The van der Waals surface area contributed by atoms with Gasteiger partial charge in [-0.2, -0.15) is 5.10 Å². The zero-order valence-electron chi connectivity index (χ0n) is 25.6.